The number of fused-ring (bicyclic) bond motifs is 1. The van der Waals surface area contributed by atoms with Crippen LogP contribution in [-0.4, -0.2) is 62.1 Å². The molecule has 0 saturated carbocycles. The Morgan fingerprint density at radius 2 is 1.68 bits per heavy atom. The van der Waals surface area contributed by atoms with E-state index in [1.165, 1.54) is 18.2 Å². The van der Waals surface area contributed by atoms with Crippen molar-refractivity contribution in [3.8, 4) is 0 Å². The van der Waals surface area contributed by atoms with Gasteiger partial charge in [-0.05, 0) is 64.0 Å². The maximum absolute atomic E-state index is 13.0. The number of para-hydroxylation sites is 2. The number of benzene rings is 1. The van der Waals surface area contributed by atoms with Gasteiger partial charge in [-0.15, -0.1) is 0 Å². The standard InChI is InChI=1S/C24H34N4O2S/c1-17-11-13-26(14-12-17)22(29)15-27-21-10-5-4-9-20(21)25-24(27)31-16-23(30)28-18(2)7-6-8-19(28)3/h4-5,9-10,17-19H,6-8,11-16H2,1-3H3/t18-,19-/m1/s1. The highest BCUT2D eigenvalue weighted by Crippen LogP contribution is 2.28. The Morgan fingerprint density at radius 3 is 2.39 bits per heavy atom. The largest absolute Gasteiger partial charge is 0.341 e. The molecule has 2 amide bonds. The van der Waals surface area contributed by atoms with Crippen molar-refractivity contribution in [2.24, 2.45) is 5.92 Å². The number of likely N-dealkylation sites (tertiary alicyclic amines) is 2. The minimum Gasteiger partial charge on any atom is -0.341 e. The van der Waals surface area contributed by atoms with Crippen LogP contribution in [0.3, 0.4) is 0 Å². The van der Waals surface area contributed by atoms with E-state index in [-0.39, 0.29) is 18.4 Å². The van der Waals surface area contributed by atoms with Crippen LogP contribution in [0, 0.1) is 5.92 Å². The number of amides is 2. The molecule has 2 atom stereocenters. The van der Waals surface area contributed by atoms with Crippen LogP contribution < -0.4 is 0 Å². The van der Waals surface area contributed by atoms with Crippen molar-refractivity contribution in [3.05, 3.63) is 24.3 Å². The third-order valence-electron chi connectivity index (χ3n) is 6.86. The normalized spacial score (nSPS) is 22.8. The van der Waals surface area contributed by atoms with Crippen molar-refractivity contribution < 1.29 is 9.59 Å². The van der Waals surface area contributed by atoms with E-state index < -0.39 is 0 Å². The van der Waals surface area contributed by atoms with Crippen LogP contribution in [0.15, 0.2) is 29.4 Å². The monoisotopic (exact) mass is 442 g/mol. The number of rotatable bonds is 5. The van der Waals surface area contributed by atoms with Crippen LogP contribution in [0.1, 0.15) is 52.9 Å². The van der Waals surface area contributed by atoms with Crippen LogP contribution in [0.2, 0.25) is 0 Å². The number of thioether (sulfide) groups is 1. The molecule has 0 radical (unpaired) electrons. The molecule has 3 heterocycles. The van der Waals surface area contributed by atoms with Crippen LogP contribution in [0.5, 0.6) is 0 Å². The Morgan fingerprint density at radius 1 is 1.00 bits per heavy atom. The van der Waals surface area contributed by atoms with Gasteiger partial charge in [-0.25, -0.2) is 4.98 Å². The minimum absolute atomic E-state index is 0.140. The van der Waals surface area contributed by atoms with Gasteiger partial charge in [0.2, 0.25) is 11.8 Å². The van der Waals surface area contributed by atoms with Crippen molar-refractivity contribution >= 4 is 34.6 Å². The van der Waals surface area contributed by atoms with E-state index >= 15 is 0 Å². The number of aromatic nitrogens is 2. The van der Waals surface area contributed by atoms with Gasteiger partial charge < -0.3 is 14.4 Å². The Kier molecular flexibility index (Phi) is 6.89. The van der Waals surface area contributed by atoms with E-state index in [0.29, 0.717) is 23.8 Å². The lowest BCUT2D eigenvalue weighted by Crippen LogP contribution is -2.48. The van der Waals surface area contributed by atoms with Crippen LogP contribution in [-0.2, 0) is 16.1 Å². The molecule has 31 heavy (non-hydrogen) atoms. The first-order chi connectivity index (χ1) is 14.9. The molecule has 1 aromatic heterocycles. The number of hydrogen-bond donors (Lipinski definition) is 0. The number of carbonyl (C=O) groups is 2. The molecule has 0 unspecified atom stereocenters. The van der Waals surface area contributed by atoms with E-state index in [4.69, 9.17) is 4.98 Å². The summed E-state index contributed by atoms with van der Waals surface area (Å²) >= 11 is 1.46. The molecule has 6 nitrogen and oxygen atoms in total. The lowest BCUT2D eigenvalue weighted by Gasteiger charge is -2.39. The molecule has 0 bridgehead atoms. The van der Waals surface area contributed by atoms with Crippen molar-refractivity contribution in [3.63, 3.8) is 0 Å². The lowest BCUT2D eigenvalue weighted by atomic mass is 9.98. The SMILES string of the molecule is CC1CCN(C(=O)Cn2c(SCC(=O)N3[C@H](C)CCC[C@H]3C)nc3ccccc32)CC1. The summed E-state index contributed by atoms with van der Waals surface area (Å²) in [6.45, 7) is 8.48. The second kappa shape index (κ2) is 9.63. The molecule has 7 heteroatoms. The maximum Gasteiger partial charge on any atom is 0.242 e. The van der Waals surface area contributed by atoms with Gasteiger partial charge >= 0.3 is 0 Å². The second-order valence-corrected chi connectivity index (χ2v) is 10.2. The highest BCUT2D eigenvalue weighted by atomic mass is 32.2. The first-order valence-corrected chi connectivity index (χ1v) is 12.6. The lowest BCUT2D eigenvalue weighted by molar-refractivity contribution is -0.134. The highest BCUT2D eigenvalue weighted by molar-refractivity contribution is 7.99. The van der Waals surface area contributed by atoms with E-state index in [1.807, 2.05) is 38.6 Å². The summed E-state index contributed by atoms with van der Waals surface area (Å²) in [5.74, 6) is 1.35. The van der Waals surface area contributed by atoms with Gasteiger partial charge in [-0.1, -0.05) is 30.8 Å². The quantitative estimate of drug-likeness (QED) is 0.652. The number of nitrogens with zero attached hydrogens (tertiary/aromatic N) is 4. The Hall–Kier alpha value is -2.02. The molecular weight excluding hydrogens is 408 g/mol. The van der Waals surface area contributed by atoms with Crippen molar-refractivity contribution in [2.75, 3.05) is 18.8 Å². The molecule has 4 rings (SSSR count). The smallest absolute Gasteiger partial charge is 0.242 e. The van der Waals surface area contributed by atoms with E-state index in [1.54, 1.807) is 0 Å². The highest BCUT2D eigenvalue weighted by Gasteiger charge is 2.29. The Labute approximate surface area is 189 Å². The van der Waals surface area contributed by atoms with Crippen LogP contribution >= 0.6 is 11.8 Å². The fourth-order valence-corrected chi connectivity index (χ4v) is 5.81. The van der Waals surface area contributed by atoms with E-state index in [0.717, 1.165) is 55.0 Å². The maximum atomic E-state index is 13.0. The molecule has 1 aromatic carbocycles. The molecule has 2 aliphatic heterocycles. The van der Waals surface area contributed by atoms with E-state index in [9.17, 15) is 9.59 Å². The van der Waals surface area contributed by atoms with Gasteiger partial charge in [0, 0.05) is 25.2 Å². The minimum atomic E-state index is 0.140. The molecule has 168 valence electrons. The molecule has 2 aliphatic rings. The van der Waals surface area contributed by atoms with Gasteiger partial charge in [0.05, 0.1) is 16.8 Å². The first kappa shape index (κ1) is 22.2. The average molecular weight is 443 g/mol. The van der Waals surface area contributed by atoms with Gasteiger partial charge in [-0.2, -0.15) is 0 Å². The molecule has 0 aliphatic carbocycles. The fraction of sp³-hybridized carbons (Fsp3) is 0.625. The molecule has 0 spiro atoms. The molecule has 2 fully saturated rings. The molecule has 2 saturated heterocycles. The number of imidazole rings is 1. The van der Waals surface area contributed by atoms with Gasteiger partial charge in [0.15, 0.2) is 5.16 Å². The third-order valence-corrected chi connectivity index (χ3v) is 7.82. The summed E-state index contributed by atoms with van der Waals surface area (Å²) in [5, 5.41) is 0.755. The summed E-state index contributed by atoms with van der Waals surface area (Å²) in [5.41, 5.74) is 1.83. The third kappa shape index (κ3) is 4.92. The van der Waals surface area contributed by atoms with Gasteiger partial charge in [0.25, 0.3) is 0 Å². The van der Waals surface area contributed by atoms with Gasteiger partial charge in [-0.3, -0.25) is 9.59 Å². The molecule has 2 aromatic rings. The van der Waals surface area contributed by atoms with Crippen LogP contribution in [0.25, 0.3) is 11.0 Å². The summed E-state index contributed by atoms with van der Waals surface area (Å²) in [6.07, 6.45) is 5.47. The van der Waals surface area contributed by atoms with Crippen LogP contribution in [0.4, 0.5) is 0 Å². The fourth-order valence-electron chi connectivity index (χ4n) is 4.92. The van der Waals surface area contributed by atoms with E-state index in [2.05, 4.69) is 20.8 Å². The molecule has 0 N–H and O–H groups in total. The zero-order valence-corrected chi connectivity index (χ0v) is 19.7. The average Bonchev–Trinajstić information content (AvgIpc) is 3.10. The summed E-state index contributed by atoms with van der Waals surface area (Å²) in [7, 11) is 0. The number of piperidine rings is 2. The summed E-state index contributed by atoms with van der Waals surface area (Å²) in [4.78, 5) is 34.8. The van der Waals surface area contributed by atoms with Gasteiger partial charge in [0.1, 0.15) is 6.54 Å². The molecular formula is C24H34N4O2S. The zero-order chi connectivity index (χ0) is 22.0. The number of hydrogen-bond acceptors (Lipinski definition) is 4. The predicted octanol–water partition coefficient (Wildman–Crippen LogP) is 4.18. The summed E-state index contributed by atoms with van der Waals surface area (Å²) < 4.78 is 2.00. The van der Waals surface area contributed by atoms with Crippen molar-refractivity contribution in [1.29, 1.82) is 0 Å². The summed E-state index contributed by atoms with van der Waals surface area (Å²) in [6, 6.07) is 8.50. The predicted molar refractivity (Wildman–Crippen MR) is 125 cm³/mol. The van der Waals surface area contributed by atoms with Crippen molar-refractivity contribution in [1.82, 2.24) is 19.4 Å². The first-order valence-electron chi connectivity index (χ1n) is 11.6. The van der Waals surface area contributed by atoms with Crippen molar-refractivity contribution in [2.45, 2.75) is 76.7 Å². The zero-order valence-electron chi connectivity index (χ0n) is 18.9. The number of carbonyl (C=O) groups excluding carboxylic acids is 2. The topological polar surface area (TPSA) is 58.4 Å². The second-order valence-electron chi connectivity index (χ2n) is 9.25. The Balaban J connectivity index is 1.50. The Bertz CT molecular complexity index is 925.